The third kappa shape index (κ3) is 3.79. The highest BCUT2D eigenvalue weighted by atomic mass is 15.1. The van der Waals surface area contributed by atoms with Crippen molar-refractivity contribution in [3.63, 3.8) is 0 Å². The molecular formula is C50H30N4. The predicted molar refractivity (Wildman–Crippen MR) is 219 cm³/mol. The normalized spacial score (nSPS) is 15.1. The molecule has 4 heteroatoms. The minimum absolute atomic E-state index is 0.586. The molecule has 54 heavy (non-hydrogen) atoms. The van der Waals surface area contributed by atoms with Gasteiger partial charge in [0.2, 0.25) is 0 Å². The molecule has 10 aromatic rings. The van der Waals surface area contributed by atoms with E-state index in [9.17, 15) is 0 Å². The second-order valence-corrected chi connectivity index (χ2v) is 14.3. The van der Waals surface area contributed by atoms with E-state index in [-0.39, 0.29) is 0 Å². The van der Waals surface area contributed by atoms with Crippen molar-refractivity contribution in [2.75, 3.05) is 0 Å². The third-order valence-corrected chi connectivity index (χ3v) is 11.6. The Morgan fingerprint density at radius 1 is 0.407 bits per heavy atom. The lowest BCUT2D eigenvalue weighted by Crippen LogP contribution is -2.33. The van der Waals surface area contributed by atoms with Gasteiger partial charge in [-0.25, -0.2) is 15.0 Å². The summed E-state index contributed by atoms with van der Waals surface area (Å²) in [6, 6.07) is 65.2. The van der Waals surface area contributed by atoms with Gasteiger partial charge in [-0.05, 0) is 62.4 Å². The fourth-order valence-electron chi connectivity index (χ4n) is 9.50. The molecule has 1 aliphatic carbocycles. The number of imidazole rings is 1. The summed E-state index contributed by atoms with van der Waals surface area (Å²) < 4.78 is 2.38. The van der Waals surface area contributed by atoms with Crippen LogP contribution >= 0.6 is 0 Å². The minimum atomic E-state index is -0.586. The Morgan fingerprint density at radius 2 is 1.04 bits per heavy atom. The lowest BCUT2D eigenvalue weighted by molar-refractivity contribution is 0.746. The molecule has 2 aliphatic rings. The van der Waals surface area contributed by atoms with E-state index in [1.807, 2.05) is 0 Å². The van der Waals surface area contributed by atoms with Crippen LogP contribution in [-0.4, -0.2) is 19.5 Å². The van der Waals surface area contributed by atoms with Crippen molar-refractivity contribution in [3.8, 4) is 50.8 Å². The van der Waals surface area contributed by atoms with Gasteiger partial charge in [0.05, 0.1) is 33.3 Å². The lowest BCUT2D eigenvalue weighted by Gasteiger charge is -2.39. The van der Waals surface area contributed by atoms with Crippen LogP contribution in [0.25, 0.3) is 83.6 Å². The van der Waals surface area contributed by atoms with Crippen LogP contribution in [0.2, 0.25) is 0 Å². The summed E-state index contributed by atoms with van der Waals surface area (Å²) in [6.45, 7) is 0. The van der Waals surface area contributed by atoms with Crippen molar-refractivity contribution < 1.29 is 0 Å². The first kappa shape index (κ1) is 29.4. The van der Waals surface area contributed by atoms with Gasteiger partial charge < -0.3 is 0 Å². The second kappa shape index (κ2) is 10.9. The summed E-state index contributed by atoms with van der Waals surface area (Å²) in [5, 5.41) is 3.41. The summed E-state index contributed by atoms with van der Waals surface area (Å²) in [7, 11) is 0. The number of hydrogen-bond donors (Lipinski definition) is 0. The van der Waals surface area contributed by atoms with Crippen molar-refractivity contribution in [2.45, 2.75) is 5.41 Å². The number of aromatic nitrogens is 4. The monoisotopic (exact) mass is 686 g/mol. The molecule has 1 aliphatic heterocycles. The van der Waals surface area contributed by atoms with E-state index in [1.54, 1.807) is 0 Å². The van der Waals surface area contributed by atoms with Crippen LogP contribution in [0.15, 0.2) is 182 Å². The Labute approximate surface area is 311 Å². The summed E-state index contributed by atoms with van der Waals surface area (Å²) in [5.41, 5.74) is 15.1. The number of benzene rings is 8. The molecule has 0 saturated carbocycles. The van der Waals surface area contributed by atoms with Gasteiger partial charge in [-0.1, -0.05) is 164 Å². The van der Waals surface area contributed by atoms with Gasteiger partial charge in [0.25, 0.3) is 0 Å². The maximum atomic E-state index is 5.51. The van der Waals surface area contributed by atoms with Gasteiger partial charge in [0, 0.05) is 22.1 Å². The summed E-state index contributed by atoms with van der Waals surface area (Å²) in [4.78, 5) is 16.1. The van der Waals surface area contributed by atoms with Gasteiger partial charge in [0.15, 0.2) is 5.82 Å². The molecule has 4 nitrogen and oxygen atoms in total. The van der Waals surface area contributed by atoms with E-state index in [2.05, 4.69) is 187 Å². The smallest absolute Gasteiger partial charge is 0.161 e. The molecule has 250 valence electrons. The SMILES string of the molecule is c1ccc(-c2nc3cccc4c3n2-c2ccccc2C42c3ccccc3-c3c(-c4nc(-c5cccc6ccccc56)c5ccccc5n4)cccc32)cc1. The summed E-state index contributed by atoms with van der Waals surface area (Å²) >= 11 is 0. The first-order chi connectivity index (χ1) is 26.8. The van der Waals surface area contributed by atoms with Crippen LogP contribution in [-0.2, 0) is 5.41 Å². The second-order valence-electron chi connectivity index (χ2n) is 14.3. The van der Waals surface area contributed by atoms with Crippen molar-refractivity contribution in [1.29, 1.82) is 0 Å². The van der Waals surface area contributed by atoms with E-state index < -0.39 is 5.41 Å². The highest BCUT2D eigenvalue weighted by Gasteiger charge is 2.51. The Morgan fingerprint density at radius 3 is 1.96 bits per heavy atom. The van der Waals surface area contributed by atoms with Crippen molar-refractivity contribution in [2.24, 2.45) is 0 Å². The van der Waals surface area contributed by atoms with Gasteiger partial charge in [-0.15, -0.1) is 0 Å². The van der Waals surface area contributed by atoms with E-state index in [1.165, 1.54) is 44.2 Å². The Hall–Kier alpha value is -7.17. The van der Waals surface area contributed by atoms with Gasteiger partial charge in [-0.3, -0.25) is 4.57 Å². The van der Waals surface area contributed by atoms with E-state index >= 15 is 0 Å². The van der Waals surface area contributed by atoms with Crippen LogP contribution in [0.5, 0.6) is 0 Å². The first-order valence-electron chi connectivity index (χ1n) is 18.5. The summed E-state index contributed by atoms with van der Waals surface area (Å²) in [5.74, 6) is 1.67. The van der Waals surface area contributed by atoms with Crippen molar-refractivity contribution >= 4 is 32.7 Å². The molecule has 12 rings (SSSR count). The minimum Gasteiger partial charge on any atom is -0.292 e. The van der Waals surface area contributed by atoms with Gasteiger partial charge >= 0.3 is 0 Å². The Balaban J connectivity index is 1.18. The van der Waals surface area contributed by atoms with E-state index in [0.717, 1.165) is 61.7 Å². The molecule has 0 fully saturated rings. The van der Waals surface area contributed by atoms with E-state index in [4.69, 9.17) is 15.0 Å². The molecule has 0 saturated heterocycles. The number of rotatable bonds is 3. The maximum Gasteiger partial charge on any atom is 0.161 e. The van der Waals surface area contributed by atoms with Crippen LogP contribution < -0.4 is 0 Å². The molecule has 8 aromatic carbocycles. The molecule has 0 bridgehead atoms. The van der Waals surface area contributed by atoms with Crippen molar-refractivity contribution in [1.82, 2.24) is 19.5 Å². The fraction of sp³-hybridized carbons (Fsp3) is 0.0200. The molecule has 0 radical (unpaired) electrons. The number of fused-ring (bicyclic) bond motifs is 11. The molecule has 1 atom stereocenters. The quantitative estimate of drug-likeness (QED) is 0.186. The van der Waals surface area contributed by atoms with Crippen LogP contribution in [0.4, 0.5) is 0 Å². The van der Waals surface area contributed by atoms with E-state index in [0.29, 0.717) is 0 Å². The summed E-state index contributed by atoms with van der Waals surface area (Å²) in [6.07, 6.45) is 0. The number of hydrogen-bond acceptors (Lipinski definition) is 3. The molecule has 3 heterocycles. The molecule has 1 unspecified atom stereocenters. The fourth-order valence-corrected chi connectivity index (χ4v) is 9.50. The van der Waals surface area contributed by atoms with Gasteiger partial charge in [0.1, 0.15) is 5.82 Å². The average Bonchev–Trinajstić information content (AvgIpc) is 3.78. The molecule has 0 amide bonds. The lowest BCUT2D eigenvalue weighted by atomic mass is 9.65. The van der Waals surface area contributed by atoms with Crippen LogP contribution in [0.3, 0.4) is 0 Å². The Bertz CT molecular complexity index is 3170. The first-order valence-corrected chi connectivity index (χ1v) is 18.5. The average molecular weight is 687 g/mol. The van der Waals surface area contributed by atoms with Crippen LogP contribution in [0, 0.1) is 0 Å². The third-order valence-electron chi connectivity index (χ3n) is 11.6. The largest absolute Gasteiger partial charge is 0.292 e. The molecule has 2 aromatic heterocycles. The number of nitrogens with zero attached hydrogens (tertiary/aromatic N) is 4. The number of para-hydroxylation sites is 3. The van der Waals surface area contributed by atoms with Gasteiger partial charge in [-0.2, -0.15) is 0 Å². The maximum absolute atomic E-state index is 5.51. The predicted octanol–water partition coefficient (Wildman–Crippen LogP) is 11.8. The zero-order valence-electron chi connectivity index (χ0n) is 29.1. The Kier molecular flexibility index (Phi) is 5.95. The van der Waals surface area contributed by atoms with Crippen molar-refractivity contribution in [3.05, 3.63) is 204 Å². The zero-order valence-corrected chi connectivity index (χ0v) is 29.1. The highest BCUT2D eigenvalue weighted by molar-refractivity contribution is 6.05. The highest BCUT2D eigenvalue weighted by Crippen LogP contribution is 2.62. The topological polar surface area (TPSA) is 43.6 Å². The van der Waals surface area contributed by atoms with Crippen LogP contribution in [0.1, 0.15) is 22.3 Å². The molecule has 1 spiro atoms. The molecular weight excluding hydrogens is 657 g/mol. The molecule has 0 N–H and O–H groups in total. The zero-order chi connectivity index (χ0) is 35.4. The standard InChI is InChI=1S/C50H30N4/c1-2-16-32(17-3-1)49-52-43-29-14-27-41-47(43)54(49)44-30-11-9-25-39(44)50(41)38-24-8-6-20-35(38)45-37(23-13-26-40(45)50)48-51-42-28-10-7-21-36(42)46(53-48)34-22-12-18-31-15-4-5-19-33(31)34/h1-30H.